The number of carbonyl (C=O) groups excluding carboxylic acids is 1. The first-order valence-electron chi connectivity index (χ1n) is 8.20. The van der Waals surface area contributed by atoms with Crippen LogP contribution in [0.3, 0.4) is 0 Å². The molecule has 1 amide bonds. The van der Waals surface area contributed by atoms with E-state index >= 15 is 0 Å². The third kappa shape index (κ3) is 2.44. The summed E-state index contributed by atoms with van der Waals surface area (Å²) >= 11 is 0. The molecule has 1 aliphatic carbocycles. The van der Waals surface area contributed by atoms with Gasteiger partial charge in [-0.3, -0.25) is 9.69 Å². The van der Waals surface area contributed by atoms with Crippen LogP contribution in [-0.4, -0.2) is 47.9 Å². The molecule has 0 aromatic rings. The molecule has 3 aliphatic rings. The van der Waals surface area contributed by atoms with Gasteiger partial charge in [0.2, 0.25) is 5.91 Å². The second-order valence-electron chi connectivity index (χ2n) is 6.69. The highest BCUT2D eigenvalue weighted by Crippen LogP contribution is 2.38. The molecular weight excluding hydrogens is 250 g/mol. The standard InChI is InChI=1S/C16H25N3O/c17-13-16(7-3-1-4-8-16)15(20)19-11-10-18-9-5-2-6-14(18)12-19/h14H,1-12H2. The van der Waals surface area contributed by atoms with E-state index in [9.17, 15) is 10.1 Å². The summed E-state index contributed by atoms with van der Waals surface area (Å²) in [7, 11) is 0. The second kappa shape index (κ2) is 5.73. The molecule has 1 unspecified atom stereocenters. The number of amides is 1. The first-order chi connectivity index (χ1) is 9.75. The maximum atomic E-state index is 12.9. The molecule has 0 N–H and O–H groups in total. The summed E-state index contributed by atoms with van der Waals surface area (Å²) in [5, 5.41) is 9.57. The Morgan fingerprint density at radius 1 is 1.05 bits per heavy atom. The molecule has 0 radical (unpaired) electrons. The van der Waals surface area contributed by atoms with E-state index in [1.165, 1.54) is 32.2 Å². The van der Waals surface area contributed by atoms with E-state index in [0.29, 0.717) is 6.04 Å². The lowest BCUT2D eigenvalue weighted by Gasteiger charge is -2.46. The average Bonchev–Trinajstić information content (AvgIpc) is 2.54. The molecule has 2 aliphatic heterocycles. The molecule has 0 aromatic heterocycles. The van der Waals surface area contributed by atoms with Crippen LogP contribution < -0.4 is 0 Å². The first kappa shape index (κ1) is 13.9. The molecular formula is C16H25N3O. The Labute approximate surface area is 121 Å². The van der Waals surface area contributed by atoms with Gasteiger partial charge in [-0.2, -0.15) is 5.26 Å². The van der Waals surface area contributed by atoms with E-state index in [2.05, 4.69) is 11.0 Å². The highest BCUT2D eigenvalue weighted by Gasteiger charge is 2.44. The fourth-order valence-corrected chi connectivity index (χ4v) is 4.17. The molecule has 2 saturated heterocycles. The van der Waals surface area contributed by atoms with Crippen molar-refractivity contribution in [3.63, 3.8) is 0 Å². The molecule has 0 bridgehead atoms. The molecule has 1 atom stereocenters. The lowest BCUT2D eigenvalue weighted by Crippen LogP contribution is -2.58. The van der Waals surface area contributed by atoms with Gasteiger partial charge in [-0.1, -0.05) is 25.7 Å². The van der Waals surface area contributed by atoms with Gasteiger partial charge in [0.1, 0.15) is 5.41 Å². The van der Waals surface area contributed by atoms with Crippen molar-refractivity contribution in [2.45, 2.75) is 57.4 Å². The molecule has 1 saturated carbocycles. The summed E-state index contributed by atoms with van der Waals surface area (Å²) in [6, 6.07) is 2.92. The Balaban J connectivity index is 1.69. The van der Waals surface area contributed by atoms with Gasteiger partial charge < -0.3 is 4.90 Å². The van der Waals surface area contributed by atoms with Gasteiger partial charge >= 0.3 is 0 Å². The van der Waals surface area contributed by atoms with Crippen LogP contribution in [0.25, 0.3) is 0 Å². The smallest absolute Gasteiger partial charge is 0.243 e. The van der Waals surface area contributed by atoms with Crippen LogP contribution in [-0.2, 0) is 4.79 Å². The number of carbonyl (C=O) groups is 1. The average molecular weight is 275 g/mol. The van der Waals surface area contributed by atoms with E-state index < -0.39 is 5.41 Å². The molecule has 4 heteroatoms. The van der Waals surface area contributed by atoms with Crippen molar-refractivity contribution in [2.75, 3.05) is 26.2 Å². The monoisotopic (exact) mass is 275 g/mol. The maximum absolute atomic E-state index is 12.9. The van der Waals surface area contributed by atoms with Gasteiger partial charge in [0, 0.05) is 25.7 Å². The van der Waals surface area contributed by atoms with Gasteiger partial charge in [-0.15, -0.1) is 0 Å². The molecule has 110 valence electrons. The predicted octanol–water partition coefficient (Wildman–Crippen LogP) is 2.16. The molecule has 0 spiro atoms. The summed E-state index contributed by atoms with van der Waals surface area (Å²) in [6.45, 7) is 3.86. The van der Waals surface area contributed by atoms with Crippen molar-refractivity contribution >= 4 is 5.91 Å². The van der Waals surface area contributed by atoms with Crippen molar-refractivity contribution in [1.29, 1.82) is 5.26 Å². The summed E-state index contributed by atoms with van der Waals surface area (Å²) in [5.74, 6) is 0.130. The van der Waals surface area contributed by atoms with E-state index in [-0.39, 0.29) is 5.91 Å². The van der Waals surface area contributed by atoms with Crippen molar-refractivity contribution in [2.24, 2.45) is 5.41 Å². The zero-order chi connectivity index (χ0) is 14.0. The summed E-state index contributed by atoms with van der Waals surface area (Å²) in [5.41, 5.74) is -0.699. The van der Waals surface area contributed by atoms with E-state index in [4.69, 9.17) is 0 Å². The molecule has 3 fully saturated rings. The molecule has 20 heavy (non-hydrogen) atoms. The van der Waals surface area contributed by atoms with E-state index in [1.54, 1.807) is 0 Å². The van der Waals surface area contributed by atoms with Crippen LogP contribution in [0.5, 0.6) is 0 Å². The minimum absolute atomic E-state index is 0.130. The normalized spacial score (nSPS) is 30.4. The highest BCUT2D eigenvalue weighted by molar-refractivity contribution is 5.85. The zero-order valence-electron chi connectivity index (χ0n) is 12.3. The number of hydrogen-bond donors (Lipinski definition) is 0. The van der Waals surface area contributed by atoms with Gasteiger partial charge in [-0.25, -0.2) is 0 Å². The van der Waals surface area contributed by atoms with Crippen molar-refractivity contribution < 1.29 is 4.79 Å². The number of hydrogen-bond acceptors (Lipinski definition) is 3. The lowest BCUT2D eigenvalue weighted by molar-refractivity contribution is -0.144. The SMILES string of the molecule is N#CC1(C(=O)N2CCN3CCCCC3C2)CCCCC1. The highest BCUT2D eigenvalue weighted by atomic mass is 16.2. The third-order valence-electron chi connectivity index (χ3n) is 5.46. The Hall–Kier alpha value is -1.08. The molecule has 2 heterocycles. The Kier molecular flexibility index (Phi) is 3.98. The van der Waals surface area contributed by atoms with Crippen LogP contribution in [0, 0.1) is 16.7 Å². The fourth-order valence-electron chi connectivity index (χ4n) is 4.17. The summed E-state index contributed by atoms with van der Waals surface area (Å²) < 4.78 is 0. The van der Waals surface area contributed by atoms with Crippen LogP contribution in [0.1, 0.15) is 51.4 Å². The quantitative estimate of drug-likeness (QED) is 0.737. The maximum Gasteiger partial charge on any atom is 0.243 e. The molecule has 3 rings (SSSR count). The van der Waals surface area contributed by atoms with Gasteiger partial charge in [0.25, 0.3) is 0 Å². The van der Waals surface area contributed by atoms with Gasteiger partial charge in [-0.05, 0) is 32.2 Å². The van der Waals surface area contributed by atoms with Crippen molar-refractivity contribution in [3.05, 3.63) is 0 Å². The Bertz CT molecular complexity index is 408. The summed E-state index contributed by atoms with van der Waals surface area (Å²) in [4.78, 5) is 17.4. The predicted molar refractivity (Wildman–Crippen MR) is 76.9 cm³/mol. The zero-order valence-corrected chi connectivity index (χ0v) is 12.3. The third-order valence-corrected chi connectivity index (χ3v) is 5.46. The number of fused-ring (bicyclic) bond motifs is 1. The van der Waals surface area contributed by atoms with Crippen LogP contribution in [0.2, 0.25) is 0 Å². The summed E-state index contributed by atoms with van der Waals surface area (Å²) in [6.07, 6.45) is 8.57. The van der Waals surface area contributed by atoms with Crippen molar-refractivity contribution in [1.82, 2.24) is 9.80 Å². The van der Waals surface area contributed by atoms with Gasteiger partial charge in [0.15, 0.2) is 0 Å². The minimum atomic E-state index is -0.699. The fraction of sp³-hybridized carbons (Fsp3) is 0.875. The Morgan fingerprint density at radius 3 is 2.60 bits per heavy atom. The largest absolute Gasteiger partial charge is 0.338 e. The number of piperidine rings is 1. The van der Waals surface area contributed by atoms with Crippen molar-refractivity contribution in [3.8, 4) is 6.07 Å². The number of rotatable bonds is 1. The van der Waals surface area contributed by atoms with E-state index in [1.807, 2.05) is 4.90 Å². The molecule has 0 aromatic carbocycles. The first-order valence-corrected chi connectivity index (χ1v) is 8.20. The lowest BCUT2D eigenvalue weighted by atomic mass is 9.74. The number of piperazine rings is 1. The Morgan fingerprint density at radius 2 is 1.85 bits per heavy atom. The van der Waals surface area contributed by atoms with Crippen LogP contribution in [0.15, 0.2) is 0 Å². The topological polar surface area (TPSA) is 47.3 Å². The van der Waals surface area contributed by atoms with Gasteiger partial charge in [0.05, 0.1) is 6.07 Å². The van der Waals surface area contributed by atoms with Crippen LogP contribution in [0.4, 0.5) is 0 Å². The number of nitrogens with zero attached hydrogens (tertiary/aromatic N) is 3. The van der Waals surface area contributed by atoms with E-state index in [0.717, 1.165) is 45.3 Å². The molecule has 4 nitrogen and oxygen atoms in total. The van der Waals surface area contributed by atoms with Crippen LogP contribution >= 0.6 is 0 Å². The minimum Gasteiger partial charge on any atom is -0.338 e. The second-order valence-corrected chi connectivity index (χ2v) is 6.69. The number of nitriles is 1.